The van der Waals surface area contributed by atoms with E-state index in [-0.39, 0.29) is 6.04 Å². The highest BCUT2D eigenvalue weighted by atomic mass is 35.5. The number of hydrazine groups is 1. The number of thioether (sulfide) groups is 1. The van der Waals surface area contributed by atoms with Crippen molar-refractivity contribution in [2.24, 2.45) is 5.84 Å². The molecule has 1 aromatic heterocycles. The predicted molar refractivity (Wildman–Crippen MR) is 75.7 cm³/mol. The maximum absolute atomic E-state index is 6.11. The lowest BCUT2D eigenvalue weighted by Crippen LogP contribution is -2.38. The Labute approximate surface area is 116 Å². The number of furan rings is 1. The minimum absolute atomic E-state index is 0.184. The Morgan fingerprint density at radius 3 is 2.83 bits per heavy atom. The Hall–Kier alpha value is -0.940. The van der Waals surface area contributed by atoms with Gasteiger partial charge in [-0.1, -0.05) is 23.7 Å². The molecule has 1 heterocycles. The van der Waals surface area contributed by atoms with Crippen LogP contribution in [0.2, 0.25) is 5.02 Å². The van der Waals surface area contributed by atoms with Crippen LogP contribution in [0, 0.1) is 0 Å². The summed E-state index contributed by atoms with van der Waals surface area (Å²) in [5, 5.41) is 0.779. The van der Waals surface area contributed by atoms with Crippen LogP contribution < -0.4 is 11.3 Å². The monoisotopic (exact) mass is 282 g/mol. The van der Waals surface area contributed by atoms with Crippen molar-refractivity contribution in [1.82, 2.24) is 5.43 Å². The Morgan fingerprint density at radius 1 is 1.33 bits per heavy atom. The molecule has 0 aliphatic carbocycles. The van der Waals surface area contributed by atoms with Crippen molar-refractivity contribution in [1.29, 1.82) is 0 Å². The second-order valence-electron chi connectivity index (χ2n) is 3.94. The van der Waals surface area contributed by atoms with Crippen LogP contribution in [0.3, 0.4) is 0 Å². The molecule has 0 spiro atoms. The summed E-state index contributed by atoms with van der Waals surface area (Å²) in [5.41, 5.74) is 3.96. The highest BCUT2D eigenvalue weighted by molar-refractivity contribution is 7.99. The largest absolute Gasteiger partial charge is 0.472 e. The fourth-order valence-corrected chi connectivity index (χ4v) is 2.89. The standard InChI is InChI=1S/C13H15ClN2OS/c14-12-3-1-2-4-13(12)18-9-11(16-15)7-10-5-6-17-8-10/h1-6,8,11,16H,7,9,15H2. The van der Waals surface area contributed by atoms with E-state index in [0.717, 1.165) is 27.7 Å². The topological polar surface area (TPSA) is 51.2 Å². The van der Waals surface area contributed by atoms with Gasteiger partial charge in [-0.3, -0.25) is 11.3 Å². The van der Waals surface area contributed by atoms with Gasteiger partial charge in [-0.2, -0.15) is 0 Å². The number of rotatable bonds is 6. The molecule has 0 radical (unpaired) electrons. The first-order chi connectivity index (χ1) is 8.79. The molecule has 3 nitrogen and oxygen atoms in total. The maximum atomic E-state index is 6.11. The molecule has 96 valence electrons. The summed E-state index contributed by atoms with van der Waals surface area (Å²) >= 11 is 7.80. The number of halogens is 1. The quantitative estimate of drug-likeness (QED) is 0.486. The summed E-state index contributed by atoms with van der Waals surface area (Å²) in [7, 11) is 0. The van der Waals surface area contributed by atoms with Gasteiger partial charge in [0.2, 0.25) is 0 Å². The first-order valence-corrected chi connectivity index (χ1v) is 7.00. The van der Waals surface area contributed by atoms with Crippen molar-refractivity contribution >= 4 is 23.4 Å². The molecule has 5 heteroatoms. The van der Waals surface area contributed by atoms with Crippen LogP contribution in [-0.4, -0.2) is 11.8 Å². The van der Waals surface area contributed by atoms with Crippen LogP contribution in [0.1, 0.15) is 5.56 Å². The van der Waals surface area contributed by atoms with Crippen molar-refractivity contribution < 1.29 is 4.42 Å². The van der Waals surface area contributed by atoms with Crippen LogP contribution in [-0.2, 0) is 6.42 Å². The summed E-state index contributed by atoms with van der Waals surface area (Å²) in [6, 6.07) is 9.95. The van der Waals surface area contributed by atoms with E-state index in [4.69, 9.17) is 21.9 Å². The third-order valence-electron chi connectivity index (χ3n) is 2.57. The van der Waals surface area contributed by atoms with E-state index in [1.807, 2.05) is 30.3 Å². The van der Waals surface area contributed by atoms with Gasteiger partial charge in [-0.25, -0.2) is 0 Å². The Bertz CT molecular complexity index is 476. The van der Waals surface area contributed by atoms with Crippen molar-refractivity contribution in [3.63, 3.8) is 0 Å². The van der Waals surface area contributed by atoms with Gasteiger partial charge in [-0.05, 0) is 30.2 Å². The van der Waals surface area contributed by atoms with E-state index in [0.29, 0.717) is 0 Å². The molecule has 0 amide bonds. The van der Waals surface area contributed by atoms with Gasteiger partial charge in [-0.15, -0.1) is 11.8 Å². The number of benzene rings is 1. The number of hydrogen-bond acceptors (Lipinski definition) is 4. The zero-order valence-electron chi connectivity index (χ0n) is 9.80. The summed E-state index contributed by atoms with van der Waals surface area (Å²) in [5.74, 6) is 6.42. The van der Waals surface area contributed by atoms with E-state index >= 15 is 0 Å². The minimum atomic E-state index is 0.184. The van der Waals surface area contributed by atoms with E-state index in [1.54, 1.807) is 24.3 Å². The molecule has 0 aliphatic heterocycles. The van der Waals surface area contributed by atoms with Crippen LogP contribution in [0.5, 0.6) is 0 Å². The fourth-order valence-electron chi connectivity index (χ4n) is 1.61. The molecular weight excluding hydrogens is 268 g/mol. The molecule has 2 aromatic rings. The summed E-state index contributed by atoms with van der Waals surface area (Å²) in [4.78, 5) is 1.08. The predicted octanol–water partition coefficient (Wildman–Crippen LogP) is 3.10. The molecule has 1 aromatic carbocycles. The van der Waals surface area contributed by atoms with Crippen molar-refractivity contribution in [2.45, 2.75) is 17.4 Å². The summed E-state index contributed by atoms with van der Waals surface area (Å²) in [6.45, 7) is 0. The Balaban J connectivity index is 1.89. The van der Waals surface area contributed by atoms with E-state index < -0.39 is 0 Å². The number of hydrogen-bond donors (Lipinski definition) is 2. The molecule has 0 fully saturated rings. The van der Waals surface area contributed by atoms with Crippen molar-refractivity contribution in [3.05, 3.63) is 53.4 Å². The van der Waals surface area contributed by atoms with Gasteiger partial charge in [0.15, 0.2) is 0 Å². The number of nitrogens with one attached hydrogen (secondary N) is 1. The summed E-state index contributed by atoms with van der Waals surface area (Å²) in [6.07, 6.45) is 4.25. The highest BCUT2D eigenvalue weighted by Gasteiger charge is 2.10. The minimum Gasteiger partial charge on any atom is -0.472 e. The average molecular weight is 283 g/mol. The first kappa shape index (κ1) is 13.5. The normalized spacial score (nSPS) is 12.6. The second kappa shape index (κ2) is 6.85. The van der Waals surface area contributed by atoms with E-state index in [9.17, 15) is 0 Å². The Kier molecular flexibility index (Phi) is 5.13. The molecule has 3 N–H and O–H groups in total. The van der Waals surface area contributed by atoms with Crippen LogP contribution in [0.25, 0.3) is 0 Å². The van der Waals surface area contributed by atoms with Crippen LogP contribution in [0.15, 0.2) is 52.2 Å². The smallest absolute Gasteiger partial charge is 0.0935 e. The zero-order chi connectivity index (χ0) is 12.8. The zero-order valence-corrected chi connectivity index (χ0v) is 11.4. The van der Waals surface area contributed by atoms with Gasteiger partial charge in [0, 0.05) is 16.7 Å². The van der Waals surface area contributed by atoms with Crippen molar-refractivity contribution in [2.75, 3.05) is 5.75 Å². The average Bonchev–Trinajstić information content (AvgIpc) is 2.89. The van der Waals surface area contributed by atoms with E-state index in [2.05, 4.69) is 5.43 Å². The van der Waals surface area contributed by atoms with Gasteiger partial charge >= 0.3 is 0 Å². The van der Waals surface area contributed by atoms with Gasteiger partial charge < -0.3 is 4.42 Å². The third kappa shape index (κ3) is 3.78. The molecule has 0 aliphatic rings. The molecule has 0 bridgehead atoms. The first-order valence-electron chi connectivity index (χ1n) is 5.64. The van der Waals surface area contributed by atoms with Gasteiger partial charge in [0.1, 0.15) is 0 Å². The van der Waals surface area contributed by atoms with Gasteiger partial charge in [0.05, 0.1) is 17.5 Å². The highest BCUT2D eigenvalue weighted by Crippen LogP contribution is 2.27. The molecule has 0 saturated heterocycles. The van der Waals surface area contributed by atoms with Gasteiger partial charge in [0.25, 0.3) is 0 Å². The Morgan fingerprint density at radius 2 is 2.17 bits per heavy atom. The summed E-state index contributed by atoms with van der Waals surface area (Å²) < 4.78 is 5.05. The fraction of sp³-hybridized carbons (Fsp3) is 0.231. The van der Waals surface area contributed by atoms with Crippen LogP contribution in [0.4, 0.5) is 0 Å². The molecular formula is C13H15ClN2OS. The third-order valence-corrected chi connectivity index (χ3v) is 4.25. The van der Waals surface area contributed by atoms with Crippen LogP contribution >= 0.6 is 23.4 Å². The number of nitrogens with two attached hydrogens (primary N) is 1. The molecule has 1 unspecified atom stereocenters. The lowest BCUT2D eigenvalue weighted by molar-refractivity contribution is 0.548. The van der Waals surface area contributed by atoms with Crippen molar-refractivity contribution in [3.8, 4) is 0 Å². The maximum Gasteiger partial charge on any atom is 0.0935 e. The van der Waals surface area contributed by atoms with E-state index in [1.165, 1.54) is 0 Å². The molecule has 18 heavy (non-hydrogen) atoms. The molecule has 1 atom stereocenters. The SMILES string of the molecule is NNC(CSc1ccccc1Cl)Cc1ccoc1. The lowest BCUT2D eigenvalue weighted by atomic mass is 10.1. The second-order valence-corrected chi connectivity index (χ2v) is 5.41. The molecule has 0 saturated carbocycles. The molecule has 2 rings (SSSR count). The lowest BCUT2D eigenvalue weighted by Gasteiger charge is -2.14.